The van der Waals surface area contributed by atoms with Gasteiger partial charge in [-0.15, -0.1) is 11.8 Å². The molecular formula is C22H17ClF3NO3S. The van der Waals surface area contributed by atoms with Crippen LogP contribution in [0.5, 0.6) is 5.75 Å². The molecule has 2 aromatic carbocycles. The Morgan fingerprint density at radius 2 is 1.87 bits per heavy atom. The number of carboxylic acid groups (broad SMARTS) is 1. The van der Waals surface area contributed by atoms with Crippen molar-refractivity contribution in [2.45, 2.75) is 23.7 Å². The van der Waals surface area contributed by atoms with Crippen molar-refractivity contribution in [3.63, 3.8) is 0 Å². The fourth-order valence-electron chi connectivity index (χ4n) is 2.71. The standard InChI is InChI=1S/C22H17ClF3NO3S/c1-13-8-20(17(23)9-19(13)30-11-21(28)29)31-12-14-2-4-15(5-3-14)18-7-6-16(10-27-18)22(24,25)26/h2-10H,11-12H2,1H3,(H,28,29). The number of ether oxygens (including phenoxy) is 1. The molecule has 0 saturated carbocycles. The lowest BCUT2D eigenvalue weighted by Crippen LogP contribution is -2.10. The summed E-state index contributed by atoms with van der Waals surface area (Å²) in [6.07, 6.45) is -3.58. The van der Waals surface area contributed by atoms with Crippen molar-refractivity contribution in [2.75, 3.05) is 6.61 Å². The first-order valence-corrected chi connectivity index (χ1v) is 10.4. The van der Waals surface area contributed by atoms with Gasteiger partial charge in [0.15, 0.2) is 6.61 Å². The second kappa shape index (κ2) is 9.62. The predicted molar refractivity (Wildman–Crippen MR) is 114 cm³/mol. The Morgan fingerprint density at radius 3 is 2.45 bits per heavy atom. The number of thioether (sulfide) groups is 1. The number of benzene rings is 2. The monoisotopic (exact) mass is 467 g/mol. The molecule has 0 saturated heterocycles. The van der Waals surface area contributed by atoms with Gasteiger partial charge in [-0.3, -0.25) is 4.98 Å². The molecule has 3 rings (SSSR count). The largest absolute Gasteiger partial charge is 0.482 e. The number of aryl methyl sites for hydroxylation is 1. The first-order chi connectivity index (χ1) is 14.6. The summed E-state index contributed by atoms with van der Waals surface area (Å²) in [4.78, 5) is 15.4. The number of aromatic nitrogens is 1. The average molecular weight is 468 g/mol. The number of pyridine rings is 1. The van der Waals surface area contributed by atoms with Gasteiger partial charge in [0.05, 0.1) is 16.3 Å². The molecule has 0 amide bonds. The summed E-state index contributed by atoms with van der Waals surface area (Å²) < 4.78 is 43.2. The number of carbonyl (C=O) groups is 1. The number of hydrogen-bond donors (Lipinski definition) is 1. The molecular weight excluding hydrogens is 451 g/mol. The molecule has 0 aliphatic rings. The lowest BCUT2D eigenvalue weighted by Gasteiger charge is -2.11. The first kappa shape index (κ1) is 23.0. The third kappa shape index (κ3) is 6.15. The van der Waals surface area contributed by atoms with Gasteiger partial charge in [0.1, 0.15) is 5.75 Å². The van der Waals surface area contributed by atoms with Gasteiger partial charge in [0.25, 0.3) is 0 Å². The Kier molecular flexibility index (Phi) is 7.12. The molecule has 0 atom stereocenters. The van der Waals surface area contributed by atoms with Crippen LogP contribution in [0.15, 0.2) is 59.6 Å². The summed E-state index contributed by atoms with van der Waals surface area (Å²) in [5.74, 6) is -0.0241. The Labute approximate surface area is 186 Å². The highest BCUT2D eigenvalue weighted by Gasteiger charge is 2.30. The van der Waals surface area contributed by atoms with E-state index in [2.05, 4.69) is 4.98 Å². The summed E-state index contributed by atoms with van der Waals surface area (Å²) in [5.41, 5.74) is 2.17. The van der Waals surface area contributed by atoms with Gasteiger partial charge in [-0.25, -0.2) is 4.79 Å². The third-order valence-electron chi connectivity index (χ3n) is 4.32. The number of nitrogens with zero attached hydrogens (tertiary/aromatic N) is 1. The van der Waals surface area contributed by atoms with Crippen LogP contribution in [0.3, 0.4) is 0 Å². The van der Waals surface area contributed by atoms with Gasteiger partial charge in [0.2, 0.25) is 0 Å². The van der Waals surface area contributed by atoms with Crippen LogP contribution in [0.25, 0.3) is 11.3 Å². The second-order valence-corrected chi connectivity index (χ2v) is 8.07. The molecule has 0 bridgehead atoms. The number of alkyl halides is 3. The van der Waals surface area contributed by atoms with Crippen LogP contribution < -0.4 is 4.74 Å². The Hall–Kier alpha value is -2.71. The maximum atomic E-state index is 12.7. The zero-order valence-electron chi connectivity index (χ0n) is 16.2. The van der Waals surface area contributed by atoms with Crippen molar-refractivity contribution in [2.24, 2.45) is 0 Å². The van der Waals surface area contributed by atoms with Crippen LogP contribution in [0.4, 0.5) is 13.2 Å². The van der Waals surface area contributed by atoms with Crippen molar-refractivity contribution in [3.05, 3.63) is 76.4 Å². The number of aliphatic carboxylic acids is 1. The van der Waals surface area contributed by atoms with E-state index in [1.165, 1.54) is 17.8 Å². The van der Waals surface area contributed by atoms with Gasteiger partial charge >= 0.3 is 12.1 Å². The van der Waals surface area contributed by atoms with Crippen molar-refractivity contribution in [1.29, 1.82) is 0 Å². The van der Waals surface area contributed by atoms with E-state index in [9.17, 15) is 18.0 Å². The van der Waals surface area contributed by atoms with E-state index in [4.69, 9.17) is 21.4 Å². The highest BCUT2D eigenvalue weighted by molar-refractivity contribution is 7.98. The fraction of sp³-hybridized carbons (Fsp3) is 0.182. The van der Waals surface area contributed by atoms with Crippen LogP contribution in [0.1, 0.15) is 16.7 Å². The Morgan fingerprint density at radius 1 is 1.16 bits per heavy atom. The van der Waals surface area contributed by atoms with E-state index in [0.717, 1.165) is 33.8 Å². The molecule has 1 heterocycles. The fourth-order valence-corrected chi connectivity index (χ4v) is 4.00. The number of hydrogen-bond acceptors (Lipinski definition) is 4. The minimum atomic E-state index is -4.41. The molecule has 3 aromatic rings. The SMILES string of the molecule is Cc1cc(SCc2ccc(-c3ccc(C(F)(F)F)cn3)cc2)c(Cl)cc1OCC(=O)O. The maximum absolute atomic E-state index is 12.7. The molecule has 31 heavy (non-hydrogen) atoms. The van der Waals surface area contributed by atoms with Gasteiger partial charge in [0, 0.05) is 28.5 Å². The molecule has 0 fully saturated rings. The lowest BCUT2D eigenvalue weighted by molar-refractivity contribution is -0.139. The molecule has 1 N–H and O–H groups in total. The lowest BCUT2D eigenvalue weighted by atomic mass is 10.1. The molecule has 0 aliphatic heterocycles. The van der Waals surface area contributed by atoms with Crippen molar-refractivity contribution < 1.29 is 27.8 Å². The molecule has 4 nitrogen and oxygen atoms in total. The predicted octanol–water partition coefficient (Wildman–Crippen LogP) is 6.48. The van der Waals surface area contributed by atoms with E-state index in [0.29, 0.717) is 22.2 Å². The van der Waals surface area contributed by atoms with Gasteiger partial charge in [-0.1, -0.05) is 35.9 Å². The van der Waals surface area contributed by atoms with E-state index in [1.54, 1.807) is 18.2 Å². The van der Waals surface area contributed by atoms with E-state index in [1.807, 2.05) is 25.1 Å². The Bertz CT molecular complexity index is 1070. The molecule has 0 unspecified atom stereocenters. The number of carboxylic acids is 1. The second-order valence-electron chi connectivity index (χ2n) is 6.65. The summed E-state index contributed by atoms with van der Waals surface area (Å²) in [6, 6.07) is 13.2. The van der Waals surface area contributed by atoms with Crippen molar-refractivity contribution >= 4 is 29.3 Å². The quantitative estimate of drug-likeness (QED) is 0.403. The topological polar surface area (TPSA) is 59.4 Å². The summed E-state index contributed by atoms with van der Waals surface area (Å²) in [7, 11) is 0. The smallest absolute Gasteiger partial charge is 0.417 e. The summed E-state index contributed by atoms with van der Waals surface area (Å²) in [5, 5.41) is 9.19. The van der Waals surface area contributed by atoms with Crippen LogP contribution in [-0.4, -0.2) is 22.7 Å². The molecule has 0 aliphatic carbocycles. The number of rotatable bonds is 7. The zero-order valence-corrected chi connectivity index (χ0v) is 17.8. The number of halogens is 4. The molecule has 9 heteroatoms. The highest BCUT2D eigenvalue weighted by Crippen LogP contribution is 2.35. The van der Waals surface area contributed by atoms with Crippen LogP contribution in [-0.2, 0) is 16.7 Å². The van der Waals surface area contributed by atoms with Gasteiger partial charge in [-0.2, -0.15) is 13.2 Å². The van der Waals surface area contributed by atoms with Crippen LogP contribution in [0.2, 0.25) is 5.02 Å². The maximum Gasteiger partial charge on any atom is 0.417 e. The minimum absolute atomic E-state index is 0.421. The third-order valence-corrected chi connectivity index (χ3v) is 5.87. The van der Waals surface area contributed by atoms with Crippen molar-refractivity contribution in [1.82, 2.24) is 4.98 Å². The van der Waals surface area contributed by atoms with Crippen molar-refractivity contribution in [3.8, 4) is 17.0 Å². The van der Waals surface area contributed by atoms with E-state index >= 15 is 0 Å². The molecule has 0 spiro atoms. The summed E-state index contributed by atoms with van der Waals surface area (Å²) in [6.45, 7) is 1.37. The van der Waals surface area contributed by atoms with E-state index < -0.39 is 24.3 Å². The molecule has 0 radical (unpaired) electrons. The normalized spacial score (nSPS) is 11.4. The van der Waals surface area contributed by atoms with E-state index in [-0.39, 0.29) is 0 Å². The first-order valence-electron chi connectivity index (χ1n) is 9.03. The van der Waals surface area contributed by atoms with Gasteiger partial charge < -0.3 is 9.84 Å². The highest BCUT2D eigenvalue weighted by atomic mass is 35.5. The summed E-state index contributed by atoms with van der Waals surface area (Å²) >= 11 is 7.81. The Balaban J connectivity index is 1.65. The average Bonchev–Trinajstić information content (AvgIpc) is 2.73. The van der Waals surface area contributed by atoms with Crippen LogP contribution >= 0.6 is 23.4 Å². The molecule has 162 valence electrons. The van der Waals surface area contributed by atoms with Crippen LogP contribution in [0, 0.1) is 6.92 Å². The molecule has 1 aromatic heterocycles. The minimum Gasteiger partial charge on any atom is -0.482 e. The zero-order chi connectivity index (χ0) is 22.6. The van der Waals surface area contributed by atoms with Gasteiger partial charge in [-0.05, 0) is 36.2 Å².